The number of rotatable bonds is 2. The monoisotopic (exact) mass is 197 g/mol. The Morgan fingerprint density at radius 2 is 2.43 bits per heavy atom. The molecule has 76 valence electrons. The van der Waals surface area contributed by atoms with Crippen molar-refractivity contribution in [3.05, 3.63) is 22.8 Å². The molecule has 0 fully saturated rings. The van der Waals surface area contributed by atoms with Gasteiger partial charge in [-0.3, -0.25) is 4.79 Å². The lowest BCUT2D eigenvalue weighted by atomic mass is 10.1. The van der Waals surface area contributed by atoms with Gasteiger partial charge in [0.1, 0.15) is 6.10 Å². The summed E-state index contributed by atoms with van der Waals surface area (Å²) in [5.41, 5.74) is 8.30. The van der Waals surface area contributed by atoms with Gasteiger partial charge in [0.2, 0.25) is 0 Å². The SMILES string of the molecule is CC(=O)O[C@H]1[C@H](C)OC=C[C@H]1N=[N+]=[N-]. The van der Waals surface area contributed by atoms with Gasteiger partial charge < -0.3 is 9.47 Å². The smallest absolute Gasteiger partial charge is 0.303 e. The molecule has 0 saturated carbocycles. The molecule has 0 aliphatic carbocycles. The van der Waals surface area contributed by atoms with Crippen LogP contribution in [-0.4, -0.2) is 24.2 Å². The van der Waals surface area contributed by atoms with Crippen molar-refractivity contribution in [2.45, 2.75) is 32.1 Å². The minimum absolute atomic E-state index is 0.306. The second-order valence-corrected chi connectivity index (χ2v) is 2.94. The van der Waals surface area contributed by atoms with E-state index >= 15 is 0 Å². The van der Waals surface area contributed by atoms with E-state index in [9.17, 15) is 4.79 Å². The Labute approximate surface area is 81.1 Å². The van der Waals surface area contributed by atoms with Gasteiger partial charge in [-0.2, -0.15) is 0 Å². The normalized spacial score (nSPS) is 30.0. The molecule has 0 saturated heterocycles. The van der Waals surface area contributed by atoms with Crippen LogP contribution in [0.2, 0.25) is 0 Å². The molecule has 1 aliphatic rings. The highest BCUT2D eigenvalue weighted by molar-refractivity contribution is 5.66. The zero-order chi connectivity index (χ0) is 10.6. The van der Waals surface area contributed by atoms with Gasteiger partial charge in [0.15, 0.2) is 6.10 Å². The highest BCUT2D eigenvalue weighted by Gasteiger charge is 2.31. The molecular formula is C8H11N3O3. The van der Waals surface area contributed by atoms with Crippen LogP contribution in [-0.2, 0) is 14.3 Å². The second-order valence-electron chi connectivity index (χ2n) is 2.94. The van der Waals surface area contributed by atoms with Crippen LogP contribution in [0.3, 0.4) is 0 Å². The van der Waals surface area contributed by atoms with Gasteiger partial charge in [-0.1, -0.05) is 5.11 Å². The van der Waals surface area contributed by atoms with Gasteiger partial charge in [-0.05, 0) is 18.5 Å². The Hall–Kier alpha value is -1.68. The van der Waals surface area contributed by atoms with E-state index < -0.39 is 18.1 Å². The summed E-state index contributed by atoms with van der Waals surface area (Å²) in [4.78, 5) is 13.4. The van der Waals surface area contributed by atoms with Gasteiger partial charge >= 0.3 is 5.97 Å². The summed E-state index contributed by atoms with van der Waals surface area (Å²) in [7, 11) is 0. The lowest BCUT2D eigenvalue weighted by molar-refractivity contribution is -0.153. The predicted octanol–water partition coefficient (Wildman–Crippen LogP) is 1.53. The molecule has 0 spiro atoms. The average molecular weight is 197 g/mol. The number of carbonyl (C=O) groups is 1. The first kappa shape index (κ1) is 10.4. The lowest BCUT2D eigenvalue weighted by Crippen LogP contribution is -2.40. The van der Waals surface area contributed by atoms with Crippen LogP contribution in [0.5, 0.6) is 0 Å². The maximum Gasteiger partial charge on any atom is 0.303 e. The standard InChI is InChI=1S/C8H11N3O3/c1-5-8(14-6(2)12)7(10-11-9)3-4-13-5/h3-5,7-8H,1-2H3/t5-,7+,8-/m0/s1. The van der Waals surface area contributed by atoms with Gasteiger partial charge in [-0.25, -0.2) is 0 Å². The quantitative estimate of drug-likeness (QED) is 0.291. The van der Waals surface area contributed by atoms with Crippen LogP contribution in [0.15, 0.2) is 17.5 Å². The largest absolute Gasteiger partial charge is 0.495 e. The Morgan fingerprint density at radius 1 is 1.71 bits per heavy atom. The molecule has 6 heteroatoms. The molecule has 0 amide bonds. The molecule has 0 bridgehead atoms. The first-order chi connectivity index (χ1) is 6.65. The van der Waals surface area contributed by atoms with E-state index in [4.69, 9.17) is 15.0 Å². The van der Waals surface area contributed by atoms with Crippen molar-refractivity contribution in [3.63, 3.8) is 0 Å². The Kier molecular flexibility index (Phi) is 3.36. The maximum atomic E-state index is 10.8. The highest BCUT2D eigenvalue weighted by atomic mass is 16.6. The third kappa shape index (κ3) is 2.40. The number of ether oxygens (including phenoxy) is 2. The number of nitrogens with zero attached hydrogens (tertiary/aromatic N) is 3. The third-order valence-corrected chi connectivity index (χ3v) is 1.86. The summed E-state index contributed by atoms with van der Waals surface area (Å²) in [6.45, 7) is 3.05. The molecule has 1 rings (SSSR count). The minimum atomic E-state index is -0.548. The molecule has 0 N–H and O–H groups in total. The Balaban J connectivity index is 2.78. The van der Waals surface area contributed by atoms with Crippen LogP contribution in [0, 0.1) is 0 Å². The number of azide groups is 1. The molecule has 3 atom stereocenters. The van der Waals surface area contributed by atoms with Crippen molar-refractivity contribution >= 4 is 5.97 Å². The van der Waals surface area contributed by atoms with Crippen LogP contribution >= 0.6 is 0 Å². The highest BCUT2D eigenvalue weighted by Crippen LogP contribution is 2.18. The van der Waals surface area contributed by atoms with E-state index in [0.29, 0.717) is 0 Å². The van der Waals surface area contributed by atoms with Crippen LogP contribution in [0.4, 0.5) is 0 Å². The second kappa shape index (κ2) is 4.53. The summed E-state index contributed by atoms with van der Waals surface area (Å²) in [6, 6.07) is -0.493. The molecule has 0 radical (unpaired) electrons. The number of carbonyl (C=O) groups excluding carboxylic acids is 1. The van der Waals surface area contributed by atoms with Crippen LogP contribution in [0.25, 0.3) is 10.4 Å². The number of hydrogen-bond acceptors (Lipinski definition) is 4. The van der Waals surface area contributed by atoms with Crippen molar-refractivity contribution in [1.29, 1.82) is 0 Å². The van der Waals surface area contributed by atoms with E-state index in [-0.39, 0.29) is 6.10 Å². The van der Waals surface area contributed by atoms with E-state index in [1.54, 1.807) is 13.0 Å². The average Bonchev–Trinajstić information content (AvgIpc) is 2.11. The molecule has 0 aromatic heterocycles. The first-order valence-corrected chi connectivity index (χ1v) is 4.18. The van der Waals surface area contributed by atoms with Gasteiger partial charge in [0.05, 0.1) is 12.3 Å². The summed E-state index contributed by atoms with van der Waals surface area (Å²) >= 11 is 0. The summed E-state index contributed by atoms with van der Waals surface area (Å²) < 4.78 is 10.1. The van der Waals surface area contributed by atoms with E-state index in [1.807, 2.05) is 0 Å². The number of hydrogen-bond donors (Lipinski definition) is 0. The maximum absolute atomic E-state index is 10.8. The first-order valence-electron chi connectivity index (χ1n) is 4.18. The van der Waals surface area contributed by atoms with Crippen molar-refractivity contribution in [3.8, 4) is 0 Å². The van der Waals surface area contributed by atoms with Crippen molar-refractivity contribution in [1.82, 2.24) is 0 Å². The third-order valence-electron chi connectivity index (χ3n) is 1.86. The molecule has 0 unspecified atom stereocenters. The predicted molar refractivity (Wildman–Crippen MR) is 48.2 cm³/mol. The van der Waals surface area contributed by atoms with E-state index in [0.717, 1.165) is 0 Å². The summed E-state index contributed by atoms with van der Waals surface area (Å²) in [5.74, 6) is -0.418. The Morgan fingerprint density at radius 3 is 3.00 bits per heavy atom. The zero-order valence-electron chi connectivity index (χ0n) is 7.95. The van der Waals surface area contributed by atoms with E-state index in [2.05, 4.69) is 10.0 Å². The molecule has 0 aromatic carbocycles. The fraction of sp³-hybridized carbons (Fsp3) is 0.625. The molecule has 6 nitrogen and oxygen atoms in total. The fourth-order valence-corrected chi connectivity index (χ4v) is 1.24. The van der Waals surface area contributed by atoms with Crippen molar-refractivity contribution in [2.24, 2.45) is 5.11 Å². The lowest BCUT2D eigenvalue weighted by Gasteiger charge is -2.29. The van der Waals surface area contributed by atoms with Gasteiger partial charge in [-0.15, -0.1) is 0 Å². The number of esters is 1. The molecule has 0 aromatic rings. The van der Waals surface area contributed by atoms with Crippen molar-refractivity contribution < 1.29 is 14.3 Å². The minimum Gasteiger partial charge on any atom is -0.495 e. The summed E-state index contributed by atoms with van der Waals surface area (Å²) in [5, 5.41) is 3.51. The fourth-order valence-electron chi connectivity index (χ4n) is 1.24. The topological polar surface area (TPSA) is 84.3 Å². The summed E-state index contributed by atoms with van der Waals surface area (Å²) in [6.07, 6.45) is 2.16. The van der Waals surface area contributed by atoms with Crippen LogP contribution in [0.1, 0.15) is 13.8 Å². The molecular weight excluding hydrogens is 186 g/mol. The molecule has 14 heavy (non-hydrogen) atoms. The Bertz CT molecular complexity index is 296. The zero-order valence-corrected chi connectivity index (χ0v) is 7.95. The van der Waals surface area contributed by atoms with Gasteiger partial charge in [0.25, 0.3) is 0 Å². The molecule has 1 aliphatic heterocycles. The van der Waals surface area contributed by atoms with Crippen molar-refractivity contribution in [2.75, 3.05) is 0 Å². The van der Waals surface area contributed by atoms with Gasteiger partial charge in [0, 0.05) is 11.8 Å². The van der Waals surface area contributed by atoms with Crippen LogP contribution < -0.4 is 0 Å². The van der Waals surface area contributed by atoms with E-state index in [1.165, 1.54) is 13.2 Å². The molecule has 1 heterocycles.